The van der Waals surface area contributed by atoms with Gasteiger partial charge in [-0.2, -0.15) is 0 Å². The van der Waals surface area contributed by atoms with Crippen molar-refractivity contribution in [2.24, 2.45) is 11.8 Å². The first-order chi connectivity index (χ1) is 11.2. The van der Waals surface area contributed by atoms with Crippen LogP contribution in [0.3, 0.4) is 0 Å². The summed E-state index contributed by atoms with van der Waals surface area (Å²) >= 11 is 0. The van der Waals surface area contributed by atoms with E-state index < -0.39 is 0 Å². The summed E-state index contributed by atoms with van der Waals surface area (Å²) in [6, 6.07) is 6.07. The van der Waals surface area contributed by atoms with E-state index in [1.54, 1.807) is 0 Å². The summed E-state index contributed by atoms with van der Waals surface area (Å²) in [5.41, 5.74) is 2.11. The molecule has 1 saturated heterocycles. The predicted molar refractivity (Wildman–Crippen MR) is 89.7 cm³/mol. The molecule has 2 aliphatic rings. The Morgan fingerprint density at radius 3 is 2.87 bits per heavy atom. The van der Waals surface area contributed by atoms with Gasteiger partial charge in [-0.3, -0.25) is 0 Å². The zero-order valence-electron chi connectivity index (χ0n) is 13.8. The Hall–Kier alpha value is -1.59. The molecule has 2 aromatic rings. The molecule has 4 rings (SSSR count). The van der Waals surface area contributed by atoms with Crippen LogP contribution in [0, 0.1) is 18.8 Å². The molecular weight excluding hydrogens is 290 g/mol. The second-order valence-electron chi connectivity index (χ2n) is 6.93. The number of aromatic nitrogens is 2. The number of imidazole rings is 1. The van der Waals surface area contributed by atoms with E-state index in [-0.39, 0.29) is 12.2 Å². The number of nitrogens with zero attached hydrogens (tertiary/aromatic N) is 2. The van der Waals surface area contributed by atoms with Crippen molar-refractivity contribution in [3.05, 3.63) is 24.0 Å². The van der Waals surface area contributed by atoms with Crippen LogP contribution in [0.25, 0.3) is 11.0 Å². The van der Waals surface area contributed by atoms with Crippen LogP contribution in [0.5, 0.6) is 5.75 Å². The molecule has 2 fully saturated rings. The summed E-state index contributed by atoms with van der Waals surface area (Å²) in [5, 5.41) is 13.8. The largest absolute Gasteiger partial charge is 0.488 e. The molecule has 0 amide bonds. The number of aliphatic hydroxyl groups excluding tert-OH is 1. The summed E-state index contributed by atoms with van der Waals surface area (Å²) < 4.78 is 8.34. The molecule has 2 heterocycles. The molecule has 1 aliphatic carbocycles. The van der Waals surface area contributed by atoms with Gasteiger partial charge >= 0.3 is 0 Å². The average molecular weight is 315 g/mol. The van der Waals surface area contributed by atoms with Crippen molar-refractivity contribution >= 4 is 11.0 Å². The Morgan fingerprint density at radius 2 is 2.09 bits per heavy atom. The van der Waals surface area contributed by atoms with Crippen LogP contribution in [0.4, 0.5) is 0 Å². The van der Waals surface area contributed by atoms with E-state index in [1.807, 2.05) is 19.1 Å². The first kappa shape index (κ1) is 15.0. The van der Waals surface area contributed by atoms with Crippen molar-refractivity contribution in [1.29, 1.82) is 0 Å². The lowest BCUT2D eigenvalue weighted by molar-refractivity contribution is -0.0230. The Bertz CT molecular complexity index is 712. The highest BCUT2D eigenvalue weighted by Crippen LogP contribution is 2.35. The van der Waals surface area contributed by atoms with Crippen molar-refractivity contribution in [3.8, 4) is 5.75 Å². The molecule has 0 radical (unpaired) electrons. The van der Waals surface area contributed by atoms with E-state index in [9.17, 15) is 5.11 Å². The van der Waals surface area contributed by atoms with Crippen molar-refractivity contribution < 1.29 is 9.84 Å². The molecule has 5 heteroatoms. The van der Waals surface area contributed by atoms with Gasteiger partial charge in [0.1, 0.15) is 17.7 Å². The zero-order valence-corrected chi connectivity index (χ0v) is 13.8. The number of hydrogen-bond donors (Lipinski definition) is 2. The van der Waals surface area contributed by atoms with E-state index in [0.717, 1.165) is 55.1 Å². The molecule has 1 aromatic carbocycles. The van der Waals surface area contributed by atoms with Crippen LogP contribution in [-0.2, 0) is 6.54 Å². The highest BCUT2D eigenvalue weighted by molar-refractivity contribution is 5.77. The number of fused-ring (bicyclic) bond motifs is 2. The van der Waals surface area contributed by atoms with Crippen LogP contribution in [-0.4, -0.2) is 40.0 Å². The lowest BCUT2D eigenvalue weighted by Gasteiger charge is -2.35. The number of rotatable bonds is 3. The third-order valence-electron chi connectivity index (χ3n) is 5.50. The van der Waals surface area contributed by atoms with Crippen molar-refractivity contribution in [1.82, 2.24) is 14.9 Å². The fourth-order valence-electron chi connectivity index (χ4n) is 4.26. The van der Waals surface area contributed by atoms with Gasteiger partial charge in [0.2, 0.25) is 0 Å². The summed E-state index contributed by atoms with van der Waals surface area (Å²) in [7, 11) is 0. The summed E-state index contributed by atoms with van der Waals surface area (Å²) in [6.07, 6.45) is 1.29. The lowest BCUT2D eigenvalue weighted by atomic mass is 9.78. The number of aliphatic hydroxyl groups is 1. The van der Waals surface area contributed by atoms with Gasteiger partial charge in [0.25, 0.3) is 0 Å². The van der Waals surface area contributed by atoms with Gasteiger partial charge in [-0.25, -0.2) is 4.98 Å². The first-order valence-corrected chi connectivity index (χ1v) is 8.68. The van der Waals surface area contributed by atoms with E-state index >= 15 is 0 Å². The molecule has 1 aromatic heterocycles. The number of ether oxygens (including phenoxy) is 1. The molecule has 124 valence electrons. The Kier molecular flexibility index (Phi) is 3.77. The van der Waals surface area contributed by atoms with E-state index in [0.29, 0.717) is 11.8 Å². The highest BCUT2D eigenvalue weighted by atomic mass is 16.5. The van der Waals surface area contributed by atoms with E-state index in [1.165, 1.54) is 0 Å². The standard InChI is InChI=1S/C18H25N3O2/c1-3-21-11(2)20-15-8-14(4-5-16(15)21)23-18-7-13-10-19-9-12(13)6-17(18)22/h4-5,8,12-13,17-19,22H,3,6-7,9-10H2,1-2H3/t12-,13+,17+,18+/m0/s1. The lowest BCUT2D eigenvalue weighted by Crippen LogP contribution is -2.42. The van der Waals surface area contributed by atoms with Crippen LogP contribution in [0.15, 0.2) is 18.2 Å². The van der Waals surface area contributed by atoms with Crippen molar-refractivity contribution in [2.75, 3.05) is 13.1 Å². The number of aryl methyl sites for hydroxylation is 2. The molecule has 1 saturated carbocycles. The van der Waals surface area contributed by atoms with Gasteiger partial charge in [-0.15, -0.1) is 0 Å². The molecule has 0 spiro atoms. The molecule has 2 N–H and O–H groups in total. The molecule has 23 heavy (non-hydrogen) atoms. The second-order valence-corrected chi connectivity index (χ2v) is 6.93. The Morgan fingerprint density at radius 1 is 1.30 bits per heavy atom. The molecule has 4 atom stereocenters. The van der Waals surface area contributed by atoms with Gasteiger partial charge in [0, 0.05) is 12.6 Å². The highest BCUT2D eigenvalue weighted by Gasteiger charge is 2.39. The molecule has 1 aliphatic heterocycles. The van der Waals surface area contributed by atoms with Gasteiger partial charge in [-0.1, -0.05) is 0 Å². The number of benzene rings is 1. The number of nitrogens with one attached hydrogen (secondary N) is 1. The van der Waals surface area contributed by atoms with Crippen molar-refractivity contribution in [3.63, 3.8) is 0 Å². The van der Waals surface area contributed by atoms with Crippen LogP contribution in [0.1, 0.15) is 25.6 Å². The maximum absolute atomic E-state index is 10.4. The van der Waals surface area contributed by atoms with E-state index in [2.05, 4.69) is 27.9 Å². The Balaban J connectivity index is 1.55. The second kappa shape index (κ2) is 5.80. The Labute approximate surface area is 136 Å². The SMILES string of the molecule is CCn1c(C)nc2cc(O[C@@H]3C[C@@H]4CNC[C@@H]4C[C@H]3O)ccc21. The van der Waals surface area contributed by atoms with Crippen LogP contribution < -0.4 is 10.1 Å². The average Bonchev–Trinajstić information content (AvgIpc) is 3.09. The first-order valence-electron chi connectivity index (χ1n) is 8.68. The maximum Gasteiger partial charge on any atom is 0.125 e. The molecule has 0 bridgehead atoms. The normalized spacial score (nSPS) is 30.6. The minimum atomic E-state index is -0.373. The number of hydrogen-bond acceptors (Lipinski definition) is 4. The molecule has 5 nitrogen and oxygen atoms in total. The third-order valence-corrected chi connectivity index (χ3v) is 5.50. The predicted octanol–water partition coefficient (Wildman–Crippen LogP) is 2.10. The van der Waals surface area contributed by atoms with Gasteiger partial charge in [0.15, 0.2) is 0 Å². The van der Waals surface area contributed by atoms with Gasteiger partial charge in [-0.05, 0) is 63.7 Å². The topological polar surface area (TPSA) is 59.3 Å². The quantitative estimate of drug-likeness (QED) is 0.911. The zero-order chi connectivity index (χ0) is 16.0. The van der Waals surface area contributed by atoms with Gasteiger partial charge in [0.05, 0.1) is 17.1 Å². The van der Waals surface area contributed by atoms with Crippen LogP contribution in [0.2, 0.25) is 0 Å². The molecular formula is C18H25N3O2. The summed E-state index contributed by atoms with van der Waals surface area (Å²) in [6.45, 7) is 7.16. The fraction of sp³-hybridized carbons (Fsp3) is 0.611. The van der Waals surface area contributed by atoms with Gasteiger partial charge < -0.3 is 19.7 Å². The van der Waals surface area contributed by atoms with E-state index in [4.69, 9.17) is 4.74 Å². The summed E-state index contributed by atoms with van der Waals surface area (Å²) in [5.74, 6) is 3.08. The smallest absolute Gasteiger partial charge is 0.125 e. The van der Waals surface area contributed by atoms with Crippen LogP contribution >= 0.6 is 0 Å². The maximum atomic E-state index is 10.4. The monoisotopic (exact) mass is 315 g/mol. The minimum absolute atomic E-state index is 0.108. The fourth-order valence-corrected chi connectivity index (χ4v) is 4.26. The molecule has 0 unspecified atom stereocenters. The minimum Gasteiger partial charge on any atom is -0.488 e. The third kappa shape index (κ3) is 2.62. The summed E-state index contributed by atoms with van der Waals surface area (Å²) in [4.78, 5) is 4.62. The van der Waals surface area contributed by atoms with Crippen molar-refractivity contribution in [2.45, 2.75) is 45.4 Å².